The van der Waals surface area contributed by atoms with Gasteiger partial charge >= 0.3 is 0 Å². The number of aromatic hydroxyl groups is 1. The van der Waals surface area contributed by atoms with E-state index in [4.69, 9.17) is 17.0 Å². The Labute approximate surface area is 146 Å². The van der Waals surface area contributed by atoms with Gasteiger partial charge in [0.15, 0.2) is 3.95 Å². The molecule has 0 aliphatic carbocycles. The molecule has 0 unspecified atom stereocenters. The van der Waals surface area contributed by atoms with Crippen molar-refractivity contribution >= 4 is 35.5 Å². The third kappa shape index (κ3) is 4.91. The van der Waals surface area contributed by atoms with E-state index in [0.29, 0.717) is 8.83 Å². The van der Waals surface area contributed by atoms with Gasteiger partial charge in [0.1, 0.15) is 10.6 Å². The van der Waals surface area contributed by atoms with Crippen molar-refractivity contribution in [1.82, 2.24) is 4.57 Å². The maximum Gasteiger partial charge on any atom is 0.212 e. The van der Waals surface area contributed by atoms with E-state index in [-0.39, 0.29) is 5.88 Å². The highest BCUT2D eigenvalue weighted by Gasteiger charge is 2.09. The number of unbranched alkanes of at least 4 members (excludes halogenated alkanes) is 3. The van der Waals surface area contributed by atoms with Gasteiger partial charge in [0.2, 0.25) is 5.88 Å². The Balaban J connectivity index is 2.11. The minimum Gasteiger partial charge on any atom is -0.497 e. The third-order valence-electron chi connectivity index (χ3n) is 3.51. The second kappa shape index (κ2) is 8.84. The maximum absolute atomic E-state index is 10.3. The number of thiazole rings is 1. The summed E-state index contributed by atoms with van der Waals surface area (Å²) in [6.45, 7) is 2.94. The Morgan fingerprint density at radius 3 is 2.91 bits per heavy atom. The normalized spacial score (nSPS) is 11.2. The summed E-state index contributed by atoms with van der Waals surface area (Å²) in [6.07, 6.45) is 6.24. The van der Waals surface area contributed by atoms with E-state index in [0.717, 1.165) is 30.8 Å². The zero-order chi connectivity index (χ0) is 16.7. The molecule has 0 saturated carbocycles. The van der Waals surface area contributed by atoms with Crippen molar-refractivity contribution in [1.29, 1.82) is 0 Å². The molecule has 2 aromatic rings. The summed E-state index contributed by atoms with van der Waals surface area (Å²) in [5.41, 5.74) is 0.776. The quantitative estimate of drug-likeness (QED) is 0.398. The highest BCUT2D eigenvalue weighted by molar-refractivity contribution is 7.73. The molecular weight excluding hydrogens is 328 g/mol. The van der Waals surface area contributed by atoms with Crippen LogP contribution in [0.5, 0.6) is 11.6 Å². The van der Waals surface area contributed by atoms with Crippen LogP contribution < -0.4 is 4.74 Å². The first kappa shape index (κ1) is 17.7. The fraction of sp³-hybridized carbons (Fsp3) is 0.412. The SMILES string of the molecule is CCCCCCn1c(O)c(C=Nc2cccc(OC)c2)sc1=S. The van der Waals surface area contributed by atoms with Crippen LogP contribution in [-0.2, 0) is 6.54 Å². The standard InChI is InChI=1S/C17H22N2O2S2/c1-3-4-5-6-10-19-16(20)15(23-17(19)22)12-18-13-8-7-9-14(11-13)21-2/h7-9,11-12,20H,3-6,10H2,1-2H3. The van der Waals surface area contributed by atoms with Crippen LogP contribution in [0.25, 0.3) is 0 Å². The number of rotatable bonds is 8. The molecule has 0 aliphatic rings. The summed E-state index contributed by atoms with van der Waals surface area (Å²) in [4.78, 5) is 5.08. The monoisotopic (exact) mass is 350 g/mol. The lowest BCUT2D eigenvalue weighted by Gasteiger charge is -2.04. The van der Waals surface area contributed by atoms with Gasteiger partial charge in [0.25, 0.3) is 0 Å². The summed E-state index contributed by atoms with van der Waals surface area (Å²) in [6, 6.07) is 7.48. The maximum atomic E-state index is 10.3. The largest absolute Gasteiger partial charge is 0.497 e. The number of hydrogen-bond acceptors (Lipinski definition) is 5. The first-order valence-corrected chi connectivity index (χ1v) is 8.99. The zero-order valence-electron chi connectivity index (χ0n) is 13.5. The van der Waals surface area contributed by atoms with E-state index in [2.05, 4.69) is 11.9 Å². The summed E-state index contributed by atoms with van der Waals surface area (Å²) in [7, 11) is 1.62. The van der Waals surface area contributed by atoms with Gasteiger partial charge in [-0.25, -0.2) is 0 Å². The van der Waals surface area contributed by atoms with Crippen molar-refractivity contribution in [2.45, 2.75) is 39.2 Å². The molecule has 0 bridgehead atoms. The Bertz CT molecular complexity index is 720. The molecule has 1 N–H and O–H groups in total. The van der Waals surface area contributed by atoms with Crippen molar-refractivity contribution < 1.29 is 9.84 Å². The van der Waals surface area contributed by atoms with Crippen LogP contribution in [0.2, 0.25) is 0 Å². The number of ether oxygens (including phenoxy) is 1. The molecule has 1 aromatic heterocycles. The van der Waals surface area contributed by atoms with E-state index in [1.807, 2.05) is 24.3 Å². The van der Waals surface area contributed by atoms with Crippen LogP contribution >= 0.6 is 23.6 Å². The summed E-state index contributed by atoms with van der Waals surface area (Å²) in [5, 5.41) is 10.3. The second-order valence-corrected chi connectivity index (χ2v) is 6.90. The predicted molar refractivity (Wildman–Crippen MR) is 99.2 cm³/mol. The minimum absolute atomic E-state index is 0.211. The minimum atomic E-state index is 0.211. The molecular formula is C17H22N2O2S2. The molecule has 23 heavy (non-hydrogen) atoms. The summed E-state index contributed by atoms with van der Waals surface area (Å²) >= 11 is 6.73. The highest BCUT2D eigenvalue weighted by Crippen LogP contribution is 2.26. The number of hydrogen-bond donors (Lipinski definition) is 1. The lowest BCUT2D eigenvalue weighted by Crippen LogP contribution is -1.97. The highest BCUT2D eigenvalue weighted by atomic mass is 32.1. The molecule has 0 saturated heterocycles. The third-order valence-corrected chi connectivity index (χ3v) is 4.89. The van der Waals surface area contributed by atoms with Crippen LogP contribution in [0, 0.1) is 3.95 Å². The molecule has 124 valence electrons. The topological polar surface area (TPSA) is 46.8 Å². The number of aromatic nitrogens is 1. The van der Waals surface area contributed by atoms with Gasteiger partial charge in [0.05, 0.1) is 19.0 Å². The van der Waals surface area contributed by atoms with E-state index in [1.54, 1.807) is 17.9 Å². The fourth-order valence-corrected chi connectivity index (χ4v) is 3.45. The van der Waals surface area contributed by atoms with E-state index in [9.17, 15) is 5.11 Å². The van der Waals surface area contributed by atoms with Gasteiger partial charge in [-0.2, -0.15) is 0 Å². The van der Waals surface area contributed by atoms with Crippen LogP contribution in [0.3, 0.4) is 0 Å². The molecule has 1 heterocycles. The fourth-order valence-electron chi connectivity index (χ4n) is 2.22. The van der Waals surface area contributed by atoms with Gasteiger partial charge in [-0.05, 0) is 30.8 Å². The second-order valence-electron chi connectivity index (χ2n) is 5.23. The average Bonchev–Trinajstić information content (AvgIpc) is 2.84. The Hall–Kier alpha value is -1.66. The molecule has 0 radical (unpaired) electrons. The van der Waals surface area contributed by atoms with Crippen LogP contribution in [-0.4, -0.2) is 23.0 Å². The van der Waals surface area contributed by atoms with Crippen LogP contribution in [0.15, 0.2) is 29.3 Å². The lowest BCUT2D eigenvalue weighted by atomic mass is 10.2. The zero-order valence-corrected chi connectivity index (χ0v) is 15.1. The Morgan fingerprint density at radius 2 is 2.17 bits per heavy atom. The average molecular weight is 351 g/mol. The van der Waals surface area contributed by atoms with Crippen molar-refractivity contribution in [3.63, 3.8) is 0 Å². The molecule has 6 heteroatoms. The smallest absolute Gasteiger partial charge is 0.212 e. The van der Waals surface area contributed by atoms with Gasteiger partial charge in [-0.3, -0.25) is 9.56 Å². The molecule has 2 rings (SSSR count). The number of nitrogens with zero attached hydrogens (tertiary/aromatic N) is 2. The summed E-state index contributed by atoms with van der Waals surface area (Å²) < 4.78 is 7.66. The molecule has 0 spiro atoms. The van der Waals surface area contributed by atoms with Crippen LogP contribution in [0.4, 0.5) is 5.69 Å². The van der Waals surface area contributed by atoms with Crippen molar-refractivity contribution in [2.75, 3.05) is 7.11 Å². The molecule has 4 nitrogen and oxygen atoms in total. The number of aliphatic imine (C=N–C) groups is 1. The molecule has 0 amide bonds. The van der Waals surface area contributed by atoms with Gasteiger partial charge in [-0.15, -0.1) is 0 Å². The van der Waals surface area contributed by atoms with Crippen molar-refractivity contribution in [3.8, 4) is 11.6 Å². The molecule has 0 aliphatic heterocycles. The van der Waals surface area contributed by atoms with Crippen LogP contribution in [0.1, 0.15) is 37.5 Å². The van der Waals surface area contributed by atoms with E-state index in [1.165, 1.54) is 24.2 Å². The number of benzene rings is 1. The summed E-state index contributed by atoms with van der Waals surface area (Å²) in [5.74, 6) is 0.966. The van der Waals surface area contributed by atoms with Crippen molar-refractivity contribution in [2.24, 2.45) is 4.99 Å². The van der Waals surface area contributed by atoms with Crippen molar-refractivity contribution in [3.05, 3.63) is 33.1 Å². The van der Waals surface area contributed by atoms with Gasteiger partial charge in [-0.1, -0.05) is 43.6 Å². The molecule has 0 fully saturated rings. The number of methoxy groups -OCH3 is 1. The Morgan fingerprint density at radius 1 is 1.35 bits per heavy atom. The van der Waals surface area contributed by atoms with E-state index < -0.39 is 0 Å². The molecule has 1 aromatic carbocycles. The first-order valence-electron chi connectivity index (χ1n) is 7.76. The Kier molecular flexibility index (Phi) is 6.80. The lowest BCUT2D eigenvalue weighted by molar-refractivity contribution is 0.408. The van der Waals surface area contributed by atoms with E-state index >= 15 is 0 Å². The predicted octanol–water partition coefficient (Wildman–Crippen LogP) is 5.32. The van der Waals surface area contributed by atoms with Gasteiger partial charge < -0.3 is 9.84 Å². The van der Waals surface area contributed by atoms with Gasteiger partial charge in [0, 0.05) is 12.6 Å². The first-order chi connectivity index (χ1) is 11.2. The molecule has 0 atom stereocenters.